The van der Waals surface area contributed by atoms with Gasteiger partial charge in [-0.2, -0.15) is 0 Å². The van der Waals surface area contributed by atoms with Gasteiger partial charge >= 0.3 is 5.97 Å². The van der Waals surface area contributed by atoms with Gasteiger partial charge in [-0.05, 0) is 54.4 Å². The van der Waals surface area contributed by atoms with Crippen molar-refractivity contribution in [1.82, 2.24) is 9.80 Å². The minimum atomic E-state index is -4.02. The minimum absolute atomic E-state index is 0.0551. The summed E-state index contributed by atoms with van der Waals surface area (Å²) < 4.78 is 138. The third-order valence-corrected chi connectivity index (χ3v) is 5.99. The quantitative estimate of drug-likeness (QED) is 0.354. The van der Waals surface area contributed by atoms with Gasteiger partial charge in [-0.25, -0.2) is 4.79 Å². The van der Waals surface area contributed by atoms with E-state index in [-0.39, 0.29) is 38.6 Å². The number of carbonyl (C=O) groups is 3. The molecule has 1 fully saturated rings. The third-order valence-electron chi connectivity index (χ3n) is 5.99. The van der Waals surface area contributed by atoms with E-state index in [1.807, 2.05) is 0 Å². The van der Waals surface area contributed by atoms with Crippen LogP contribution in [0.25, 0.3) is 11.1 Å². The van der Waals surface area contributed by atoms with Crippen molar-refractivity contribution in [3.63, 3.8) is 0 Å². The van der Waals surface area contributed by atoms with E-state index < -0.39 is 91.5 Å². The molecule has 2 heterocycles. The summed E-state index contributed by atoms with van der Waals surface area (Å²) in [5.74, 6) is -3.86. The average molecular weight is 555 g/mol. The summed E-state index contributed by atoms with van der Waals surface area (Å²) >= 11 is 0. The van der Waals surface area contributed by atoms with Crippen LogP contribution in [0.15, 0.2) is 72.7 Å². The number of nitrogens with one attached hydrogen (secondary N) is 1. The van der Waals surface area contributed by atoms with E-state index in [2.05, 4.69) is 10.1 Å². The zero-order valence-corrected chi connectivity index (χ0v) is 21.4. The molecule has 5 rings (SSSR count). The number of piperazine rings is 1. The highest BCUT2D eigenvalue weighted by atomic mass is 16.5. The molecule has 40 heavy (non-hydrogen) atoms. The topological polar surface area (TPSA) is 82.2 Å². The number of carbonyl (C=O) groups excluding carboxylic acids is 3. The molecule has 8 heteroatoms. The van der Waals surface area contributed by atoms with Gasteiger partial charge in [-0.3, -0.25) is 14.5 Å². The molecule has 1 saturated heterocycles. The molecule has 3 aromatic carbocycles. The second kappa shape index (κ2) is 11.9. The molecule has 0 unspecified atom stereocenters. The Morgan fingerprint density at radius 3 is 2.48 bits per heavy atom. The van der Waals surface area contributed by atoms with Crippen LogP contribution in [-0.4, -0.2) is 81.2 Å². The summed E-state index contributed by atoms with van der Waals surface area (Å²) in [6.07, 6.45) is -0.125. The lowest BCUT2D eigenvalue weighted by atomic mass is 9.90. The summed E-state index contributed by atoms with van der Waals surface area (Å²) in [4.78, 5) is 39.4. The summed E-state index contributed by atoms with van der Waals surface area (Å²) in [6, 6.07) is 11.4. The molecule has 3 aromatic rings. The Labute approximate surface area is 257 Å². The fourth-order valence-electron chi connectivity index (χ4n) is 4.03. The van der Waals surface area contributed by atoms with Crippen molar-refractivity contribution < 1.29 is 41.1 Å². The van der Waals surface area contributed by atoms with Crippen molar-refractivity contribution in [3.05, 3.63) is 95.0 Å². The lowest BCUT2D eigenvalue weighted by Crippen LogP contribution is -2.48. The Balaban J connectivity index is 1.61. The summed E-state index contributed by atoms with van der Waals surface area (Å²) in [7, 11) is 1.78. The summed E-state index contributed by atoms with van der Waals surface area (Å²) in [6.45, 7) is -21.9. The first-order valence-electron chi connectivity index (χ1n) is 19.9. The number of ether oxygens (including phenoxy) is 1. The Kier molecular flexibility index (Phi) is 4.11. The SMILES string of the molecule is [2H]c1c([2H])c2c(c([2H])c1C(=O)OC)NC(=O)/C2=C(\Cc1ccc(N(C(=O)C([2H])([2H])N2C([2H])([2H])C([2H])([2H])N(C)C([2H])([2H])C2([2H])[2H])C([2H])([2H])[2H])cc1)c1ccccc1. The molecule has 0 atom stereocenters. The zero-order valence-electron chi connectivity index (χ0n) is 37.4. The van der Waals surface area contributed by atoms with Crippen LogP contribution in [0.2, 0.25) is 0 Å². The molecule has 2 amide bonds. The molecule has 0 spiro atoms. The van der Waals surface area contributed by atoms with Gasteiger partial charge in [-0.1, -0.05) is 48.5 Å². The first-order chi connectivity index (χ1) is 25.6. The van der Waals surface area contributed by atoms with Gasteiger partial charge in [0.15, 0.2) is 0 Å². The fourth-order valence-corrected chi connectivity index (χ4v) is 4.03. The Bertz CT molecular complexity index is 2110. The van der Waals surface area contributed by atoms with Crippen LogP contribution in [0.4, 0.5) is 11.4 Å². The van der Waals surface area contributed by atoms with Crippen molar-refractivity contribution in [2.75, 3.05) is 63.8 Å². The largest absolute Gasteiger partial charge is 0.465 e. The van der Waals surface area contributed by atoms with Crippen LogP contribution in [0, 0.1) is 0 Å². The lowest BCUT2D eigenvalue weighted by Gasteiger charge is -2.32. The Hall–Kier alpha value is -4.27. The van der Waals surface area contributed by atoms with Gasteiger partial charge in [0.25, 0.3) is 5.91 Å². The van der Waals surface area contributed by atoms with E-state index in [9.17, 15) is 14.4 Å². The van der Waals surface area contributed by atoms with E-state index in [1.54, 1.807) is 30.3 Å². The molecule has 0 radical (unpaired) electrons. The first kappa shape index (κ1) is 13.9. The zero-order chi connectivity index (χ0) is 42.3. The highest BCUT2D eigenvalue weighted by Gasteiger charge is 2.29. The van der Waals surface area contributed by atoms with E-state index in [1.165, 1.54) is 12.1 Å². The predicted molar refractivity (Wildman–Crippen MR) is 157 cm³/mol. The first-order valence-corrected chi connectivity index (χ1v) is 11.9. The number of hydrogen-bond donors (Lipinski definition) is 1. The van der Waals surface area contributed by atoms with Crippen LogP contribution < -0.4 is 10.2 Å². The van der Waals surface area contributed by atoms with Crippen LogP contribution in [0.5, 0.6) is 0 Å². The smallest absolute Gasteiger partial charge is 0.337 e. The molecule has 206 valence electrons. The lowest BCUT2D eigenvalue weighted by molar-refractivity contribution is -0.119. The molecule has 0 aromatic heterocycles. The number of esters is 1. The van der Waals surface area contributed by atoms with Gasteiger partial charge in [0.2, 0.25) is 5.91 Å². The number of allylic oxidation sites excluding steroid dienone is 1. The summed E-state index contributed by atoms with van der Waals surface area (Å²) in [5, 5.41) is 2.51. The van der Waals surface area contributed by atoms with Crippen LogP contribution >= 0.6 is 0 Å². The van der Waals surface area contributed by atoms with E-state index >= 15 is 0 Å². The molecule has 0 bridgehead atoms. The number of methoxy groups -OCH3 is 1. The van der Waals surface area contributed by atoms with Crippen molar-refractivity contribution >= 4 is 40.3 Å². The fraction of sp³-hybridized carbons (Fsp3) is 0.281. The number of amides is 2. The van der Waals surface area contributed by atoms with E-state index in [0.717, 1.165) is 26.3 Å². The monoisotopic (exact) mass is 554 g/mol. The van der Waals surface area contributed by atoms with Crippen LogP contribution in [0.3, 0.4) is 0 Å². The number of hydrogen-bond acceptors (Lipinski definition) is 6. The summed E-state index contributed by atoms with van der Waals surface area (Å²) in [5.41, 5.74) is -0.332. The Morgan fingerprint density at radius 1 is 1.07 bits per heavy atom. The number of anilines is 2. The van der Waals surface area contributed by atoms with E-state index in [4.69, 9.17) is 21.9 Å². The van der Waals surface area contributed by atoms with E-state index in [0.29, 0.717) is 11.1 Å². The number of rotatable bonds is 7. The number of nitrogens with zero attached hydrogens (tertiary/aromatic N) is 3. The Morgan fingerprint density at radius 2 is 1.80 bits per heavy atom. The van der Waals surface area contributed by atoms with Crippen LogP contribution in [-0.2, 0) is 20.7 Å². The van der Waals surface area contributed by atoms with Crippen molar-refractivity contribution in [2.24, 2.45) is 0 Å². The van der Waals surface area contributed by atoms with Crippen molar-refractivity contribution in [2.45, 2.75) is 6.42 Å². The van der Waals surface area contributed by atoms with Crippen molar-refractivity contribution in [3.8, 4) is 0 Å². The standard InChI is InChI=1S/C32H34N4O4/c1-34-15-17-36(18-16-34)21-29(37)35(2)25-12-9-22(10-13-25)19-27(23-7-5-4-6-8-23)30-26-14-11-24(32(39)40-3)20-28(26)33-31(30)38/h4-14,20H,15-19,21H2,1-3H3,(H,33,38)/b30-27+/i2D3,11D,14D,15D2,16D2,17D2,18D2,20D,21D2. The second-order valence-corrected chi connectivity index (χ2v) is 8.60. The van der Waals surface area contributed by atoms with Gasteiger partial charge in [-0.15, -0.1) is 0 Å². The van der Waals surface area contributed by atoms with Crippen LogP contribution in [0.1, 0.15) is 49.0 Å². The second-order valence-electron chi connectivity index (χ2n) is 8.60. The predicted octanol–water partition coefficient (Wildman–Crippen LogP) is 3.79. The average Bonchev–Trinajstić information content (AvgIpc) is 3.45. The molecule has 2 aliphatic heterocycles. The molecular formula is C32H34N4O4. The van der Waals surface area contributed by atoms with Gasteiger partial charge in [0, 0.05) is 65.0 Å². The van der Waals surface area contributed by atoms with Gasteiger partial charge in [0.05, 0.1) is 31.6 Å². The number of fused-ring (bicyclic) bond motifs is 1. The molecule has 1 N–H and O–H groups in total. The minimum Gasteiger partial charge on any atom is -0.465 e. The maximum atomic E-state index is 14.0. The third kappa shape index (κ3) is 5.83. The maximum Gasteiger partial charge on any atom is 0.337 e. The molecule has 2 aliphatic rings. The molecule has 0 saturated carbocycles. The van der Waals surface area contributed by atoms with Gasteiger partial charge < -0.3 is 19.9 Å². The molecule has 8 nitrogen and oxygen atoms in total. The highest BCUT2D eigenvalue weighted by molar-refractivity contribution is 6.37. The van der Waals surface area contributed by atoms with Gasteiger partial charge in [0.1, 0.15) is 0 Å². The number of likely N-dealkylation sites (N-methyl/N-ethyl adjacent to an activating group) is 2. The van der Waals surface area contributed by atoms with Crippen molar-refractivity contribution in [1.29, 1.82) is 0 Å². The molecule has 0 aliphatic carbocycles. The highest BCUT2D eigenvalue weighted by Crippen LogP contribution is 2.39. The number of benzene rings is 3. The normalized spacial score (nSPS) is 28.3. The molecular weight excluding hydrogens is 504 g/mol. The maximum absolute atomic E-state index is 14.0.